The van der Waals surface area contributed by atoms with Gasteiger partial charge in [0, 0.05) is 18.2 Å². The standard InChI is InChI=1S/C14H17F2N/c1-14(2)9-17-6-5-11(14)7-10-3-4-12(15)8-13(10)16/h3-4,7-8,17H,5-6,9H2,1-2H3/b11-7+. The van der Waals surface area contributed by atoms with Crippen molar-refractivity contribution in [1.29, 1.82) is 0 Å². The average Bonchev–Trinajstić information content (AvgIpc) is 2.24. The summed E-state index contributed by atoms with van der Waals surface area (Å²) >= 11 is 0. The quantitative estimate of drug-likeness (QED) is 0.789. The zero-order valence-corrected chi connectivity index (χ0v) is 10.2. The minimum Gasteiger partial charge on any atom is -0.316 e. The van der Waals surface area contributed by atoms with E-state index in [1.165, 1.54) is 17.7 Å². The molecule has 1 nitrogen and oxygen atoms in total. The fourth-order valence-electron chi connectivity index (χ4n) is 2.15. The Morgan fingerprint density at radius 1 is 1.29 bits per heavy atom. The summed E-state index contributed by atoms with van der Waals surface area (Å²) in [5.41, 5.74) is 1.71. The fourth-order valence-corrected chi connectivity index (χ4v) is 2.15. The van der Waals surface area contributed by atoms with E-state index in [1.807, 2.05) is 6.08 Å². The van der Waals surface area contributed by atoms with Crippen molar-refractivity contribution in [3.63, 3.8) is 0 Å². The van der Waals surface area contributed by atoms with Crippen LogP contribution in [0.5, 0.6) is 0 Å². The largest absolute Gasteiger partial charge is 0.316 e. The molecule has 0 saturated carbocycles. The number of hydrogen-bond acceptors (Lipinski definition) is 1. The third-order valence-electron chi connectivity index (χ3n) is 3.30. The molecular weight excluding hydrogens is 220 g/mol. The highest BCUT2D eigenvalue weighted by Gasteiger charge is 2.26. The first-order valence-corrected chi connectivity index (χ1v) is 5.86. The van der Waals surface area contributed by atoms with E-state index in [0.29, 0.717) is 5.56 Å². The van der Waals surface area contributed by atoms with Gasteiger partial charge in [-0.05, 0) is 30.5 Å². The van der Waals surface area contributed by atoms with Gasteiger partial charge in [0.1, 0.15) is 11.6 Å². The summed E-state index contributed by atoms with van der Waals surface area (Å²) < 4.78 is 26.4. The molecule has 1 aliphatic rings. The molecule has 1 aromatic rings. The molecule has 1 N–H and O–H groups in total. The molecule has 0 aromatic heterocycles. The predicted molar refractivity (Wildman–Crippen MR) is 65.6 cm³/mol. The van der Waals surface area contributed by atoms with Crippen LogP contribution in [-0.4, -0.2) is 13.1 Å². The molecule has 0 aliphatic carbocycles. The Morgan fingerprint density at radius 2 is 2.06 bits per heavy atom. The van der Waals surface area contributed by atoms with Gasteiger partial charge in [-0.1, -0.05) is 25.5 Å². The van der Waals surface area contributed by atoms with E-state index < -0.39 is 11.6 Å². The van der Waals surface area contributed by atoms with E-state index in [0.717, 1.165) is 25.6 Å². The van der Waals surface area contributed by atoms with Crippen LogP contribution in [0.2, 0.25) is 0 Å². The van der Waals surface area contributed by atoms with Crippen molar-refractivity contribution in [1.82, 2.24) is 5.32 Å². The summed E-state index contributed by atoms with van der Waals surface area (Å²) in [5.74, 6) is -1.03. The van der Waals surface area contributed by atoms with Crippen LogP contribution in [0.3, 0.4) is 0 Å². The second-order valence-corrected chi connectivity index (χ2v) is 5.15. The van der Waals surface area contributed by atoms with E-state index in [-0.39, 0.29) is 5.41 Å². The molecule has 0 radical (unpaired) electrons. The smallest absolute Gasteiger partial charge is 0.133 e. The average molecular weight is 237 g/mol. The van der Waals surface area contributed by atoms with Gasteiger partial charge < -0.3 is 5.32 Å². The minimum absolute atomic E-state index is 0.0269. The van der Waals surface area contributed by atoms with Gasteiger partial charge in [-0.3, -0.25) is 0 Å². The zero-order chi connectivity index (χ0) is 12.5. The highest BCUT2D eigenvalue weighted by Crippen LogP contribution is 2.32. The van der Waals surface area contributed by atoms with E-state index in [1.54, 1.807) is 0 Å². The highest BCUT2D eigenvalue weighted by molar-refractivity contribution is 5.55. The van der Waals surface area contributed by atoms with Gasteiger partial charge in [0.25, 0.3) is 0 Å². The van der Waals surface area contributed by atoms with Crippen molar-refractivity contribution >= 4 is 6.08 Å². The maximum Gasteiger partial charge on any atom is 0.133 e. The molecule has 1 heterocycles. The van der Waals surface area contributed by atoms with Crippen molar-refractivity contribution in [3.05, 3.63) is 41.0 Å². The number of hydrogen-bond donors (Lipinski definition) is 1. The van der Waals surface area contributed by atoms with Crippen molar-refractivity contribution in [2.45, 2.75) is 20.3 Å². The number of benzene rings is 1. The second-order valence-electron chi connectivity index (χ2n) is 5.15. The third-order valence-corrected chi connectivity index (χ3v) is 3.30. The molecule has 0 amide bonds. The Bertz CT molecular complexity index is 450. The van der Waals surface area contributed by atoms with Crippen LogP contribution < -0.4 is 5.32 Å². The topological polar surface area (TPSA) is 12.0 Å². The van der Waals surface area contributed by atoms with Crippen molar-refractivity contribution in [2.24, 2.45) is 5.41 Å². The maximum absolute atomic E-state index is 13.6. The molecule has 1 aliphatic heterocycles. The van der Waals surface area contributed by atoms with Crippen LogP contribution in [0.4, 0.5) is 8.78 Å². The number of rotatable bonds is 1. The molecule has 1 aromatic carbocycles. The second kappa shape index (κ2) is 4.57. The minimum atomic E-state index is -0.533. The first kappa shape index (κ1) is 12.2. The van der Waals surface area contributed by atoms with Crippen molar-refractivity contribution in [2.75, 3.05) is 13.1 Å². The molecule has 0 bridgehead atoms. The third kappa shape index (κ3) is 2.72. The Hall–Kier alpha value is -1.22. The summed E-state index contributed by atoms with van der Waals surface area (Å²) in [5, 5.41) is 3.32. The maximum atomic E-state index is 13.6. The Balaban J connectivity index is 2.34. The van der Waals surface area contributed by atoms with Crippen LogP contribution >= 0.6 is 0 Å². The molecule has 1 fully saturated rings. The van der Waals surface area contributed by atoms with E-state index in [2.05, 4.69) is 19.2 Å². The van der Waals surface area contributed by atoms with E-state index >= 15 is 0 Å². The van der Waals surface area contributed by atoms with Crippen LogP contribution in [0.1, 0.15) is 25.8 Å². The molecular formula is C14H17F2N. The Morgan fingerprint density at radius 3 is 2.71 bits per heavy atom. The summed E-state index contributed by atoms with van der Waals surface area (Å²) in [6.07, 6.45) is 2.76. The molecule has 2 rings (SSSR count). The van der Waals surface area contributed by atoms with Crippen molar-refractivity contribution in [3.8, 4) is 0 Å². The lowest BCUT2D eigenvalue weighted by Gasteiger charge is -2.33. The van der Waals surface area contributed by atoms with Crippen molar-refractivity contribution < 1.29 is 8.78 Å². The SMILES string of the molecule is CC1(C)CNCC/C1=C\c1ccc(F)cc1F. The van der Waals surface area contributed by atoms with E-state index in [4.69, 9.17) is 0 Å². The molecule has 0 unspecified atom stereocenters. The van der Waals surface area contributed by atoms with Crippen LogP contribution in [0.25, 0.3) is 6.08 Å². The van der Waals surface area contributed by atoms with Crippen LogP contribution in [0.15, 0.2) is 23.8 Å². The van der Waals surface area contributed by atoms with Gasteiger partial charge in [0.05, 0.1) is 0 Å². The summed E-state index contributed by atoms with van der Waals surface area (Å²) in [6, 6.07) is 3.72. The van der Waals surface area contributed by atoms with Gasteiger partial charge in [0.2, 0.25) is 0 Å². The van der Waals surface area contributed by atoms with Crippen LogP contribution in [-0.2, 0) is 0 Å². The van der Waals surface area contributed by atoms with Gasteiger partial charge in [0.15, 0.2) is 0 Å². The first-order valence-electron chi connectivity index (χ1n) is 5.86. The lowest BCUT2D eigenvalue weighted by Crippen LogP contribution is -2.37. The Labute approximate surface area is 101 Å². The molecule has 92 valence electrons. The lowest BCUT2D eigenvalue weighted by molar-refractivity contribution is 0.360. The Kier molecular flexibility index (Phi) is 3.29. The van der Waals surface area contributed by atoms with Gasteiger partial charge in [-0.2, -0.15) is 0 Å². The molecule has 17 heavy (non-hydrogen) atoms. The normalized spacial score (nSPS) is 21.8. The van der Waals surface area contributed by atoms with Gasteiger partial charge >= 0.3 is 0 Å². The summed E-state index contributed by atoms with van der Waals surface area (Å²) in [4.78, 5) is 0. The highest BCUT2D eigenvalue weighted by atomic mass is 19.1. The van der Waals surface area contributed by atoms with Crippen LogP contribution in [0, 0.1) is 17.0 Å². The summed E-state index contributed by atoms with van der Waals surface area (Å²) in [7, 11) is 0. The number of piperidine rings is 1. The van der Waals surface area contributed by atoms with Gasteiger partial charge in [-0.25, -0.2) is 8.78 Å². The molecule has 1 saturated heterocycles. The first-order chi connectivity index (χ1) is 7.99. The summed E-state index contributed by atoms with van der Waals surface area (Å²) in [6.45, 7) is 6.07. The monoisotopic (exact) mass is 237 g/mol. The number of nitrogens with one attached hydrogen (secondary N) is 1. The van der Waals surface area contributed by atoms with E-state index in [9.17, 15) is 8.78 Å². The molecule has 3 heteroatoms. The molecule has 0 spiro atoms. The number of halogens is 2. The lowest BCUT2D eigenvalue weighted by atomic mass is 9.79. The fraction of sp³-hybridized carbons (Fsp3) is 0.429. The predicted octanol–water partition coefficient (Wildman–Crippen LogP) is 3.37. The van der Waals surface area contributed by atoms with Gasteiger partial charge in [-0.15, -0.1) is 0 Å². The zero-order valence-electron chi connectivity index (χ0n) is 10.2. The molecule has 0 atom stereocenters.